The fourth-order valence-electron chi connectivity index (χ4n) is 2.01. The molecule has 1 unspecified atom stereocenters. The van der Waals surface area contributed by atoms with Gasteiger partial charge in [-0.3, -0.25) is 4.79 Å². The Balaban J connectivity index is 1.88. The van der Waals surface area contributed by atoms with E-state index < -0.39 is 0 Å². The molecule has 5 heteroatoms. The van der Waals surface area contributed by atoms with Crippen molar-refractivity contribution in [1.82, 2.24) is 5.32 Å². The summed E-state index contributed by atoms with van der Waals surface area (Å²) >= 11 is 0. The molecule has 1 aromatic heterocycles. The molecular formula is C17H21FN2O2. The van der Waals surface area contributed by atoms with Crippen molar-refractivity contribution in [2.24, 2.45) is 11.7 Å². The highest BCUT2D eigenvalue weighted by Gasteiger charge is 2.10. The first kappa shape index (κ1) is 16.2. The predicted molar refractivity (Wildman–Crippen MR) is 83.7 cm³/mol. The normalized spacial score (nSPS) is 12.1. The third-order valence-electron chi connectivity index (χ3n) is 3.45. The summed E-state index contributed by atoms with van der Waals surface area (Å²) in [6.07, 6.45) is 0.818. The molecule has 2 rings (SSSR count). The first-order valence-electron chi connectivity index (χ1n) is 7.40. The fraction of sp³-hybridized carbons (Fsp3) is 0.353. The van der Waals surface area contributed by atoms with E-state index in [4.69, 9.17) is 10.2 Å². The van der Waals surface area contributed by atoms with Crippen LogP contribution in [0.25, 0.3) is 11.3 Å². The number of rotatable bonds is 7. The molecule has 0 bridgehead atoms. The summed E-state index contributed by atoms with van der Waals surface area (Å²) in [6, 6.07) is 9.95. The maximum absolute atomic E-state index is 13.7. The maximum Gasteiger partial charge on any atom is 0.220 e. The Hall–Kier alpha value is -2.14. The number of nitrogens with two attached hydrogens (primary N) is 1. The van der Waals surface area contributed by atoms with E-state index >= 15 is 0 Å². The average Bonchev–Trinajstić information content (AvgIpc) is 2.99. The molecule has 118 valence electrons. The predicted octanol–water partition coefficient (Wildman–Crippen LogP) is 2.73. The largest absolute Gasteiger partial charge is 0.461 e. The van der Waals surface area contributed by atoms with Crippen LogP contribution in [0.15, 0.2) is 40.8 Å². The van der Waals surface area contributed by atoms with Crippen molar-refractivity contribution in [2.45, 2.75) is 19.8 Å². The molecule has 1 aromatic carbocycles. The van der Waals surface area contributed by atoms with Crippen molar-refractivity contribution in [3.8, 4) is 11.3 Å². The summed E-state index contributed by atoms with van der Waals surface area (Å²) < 4.78 is 19.3. The van der Waals surface area contributed by atoms with Crippen LogP contribution in [0.5, 0.6) is 0 Å². The molecule has 0 radical (unpaired) electrons. The second-order valence-electron chi connectivity index (χ2n) is 5.39. The van der Waals surface area contributed by atoms with Crippen LogP contribution >= 0.6 is 0 Å². The zero-order valence-electron chi connectivity index (χ0n) is 12.6. The Morgan fingerprint density at radius 3 is 2.82 bits per heavy atom. The summed E-state index contributed by atoms with van der Waals surface area (Å²) in [5, 5.41) is 2.83. The molecule has 4 nitrogen and oxygen atoms in total. The molecule has 0 fully saturated rings. The highest BCUT2D eigenvalue weighted by molar-refractivity contribution is 5.76. The van der Waals surface area contributed by atoms with Gasteiger partial charge in [0.15, 0.2) is 0 Å². The van der Waals surface area contributed by atoms with Crippen molar-refractivity contribution in [3.63, 3.8) is 0 Å². The molecule has 0 saturated carbocycles. The zero-order chi connectivity index (χ0) is 15.9. The molecule has 1 amide bonds. The van der Waals surface area contributed by atoms with Crippen LogP contribution in [0.4, 0.5) is 4.39 Å². The lowest BCUT2D eigenvalue weighted by atomic mass is 10.1. The number of halogens is 1. The summed E-state index contributed by atoms with van der Waals surface area (Å²) in [5.74, 6) is 1.05. The lowest BCUT2D eigenvalue weighted by Crippen LogP contribution is -2.31. The molecule has 0 aliphatic rings. The van der Waals surface area contributed by atoms with Gasteiger partial charge in [0.1, 0.15) is 17.3 Å². The van der Waals surface area contributed by atoms with Crippen LogP contribution in [0.1, 0.15) is 19.1 Å². The molecule has 2 aromatic rings. The average molecular weight is 304 g/mol. The minimum Gasteiger partial charge on any atom is -0.461 e. The van der Waals surface area contributed by atoms with Crippen LogP contribution in [0, 0.1) is 11.7 Å². The van der Waals surface area contributed by atoms with Gasteiger partial charge in [-0.1, -0.05) is 19.1 Å². The number of nitrogens with one attached hydrogen (secondary N) is 1. The van der Waals surface area contributed by atoms with Crippen LogP contribution in [-0.2, 0) is 11.2 Å². The van der Waals surface area contributed by atoms with Gasteiger partial charge in [-0.15, -0.1) is 0 Å². The van der Waals surface area contributed by atoms with E-state index in [9.17, 15) is 9.18 Å². The van der Waals surface area contributed by atoms with Gasteiger partial charge in [-0.2, -0.15) is 0 Å². The minimum absolute atomic E-state index is 0.0378. The molecule has 3 N–H and O–H groups in total. The van der Waals surface area contributed by atoms with E-state index in [1.165, 1.54) is 6.07 Å². The minimum atomic E-state index is -0.322. The van der Waals surface area contributed by atoms with Crippen molar-refractivity contribution in [3.05, 3.63) is 48.0 Å². The third-order valence-corrected chi connectivity index (χ3v) is 3.45. The van der Waals surface area contributed by atoms with Crippen LogP contribution in [0.2, 0.25) is 0 Å². The molecule has 1 atom stereocenters. The Morgan fingerprint density at radius 1 is 1.32 bits per heavy atom. The SMILES string of the molecule is CC(CN)CNC(=O)CCc1ccc(-c2ccccc2F)o1. The number of hydrogen-bond acceptors (Lipinski definition) is 3. The lowest BCUT2D eigenvalue weighted by molar-refractivity contribution is -0.121. The van der Waals surface area contributed by atoms with Crippen LogP contribution in [-0.4, -0.2) is 19.0 Å². The Bertz CT molecular complexity index is 625. The highest BCUT2D eigenvalue weighted by Crippen LogP contribution is 2.25. The maximum atomic E-state index is 13.7. The number of hydrogen-bond donors (Lipinski definition) is 2. The van der Waals surface area contributed by atoms with E-state index in [1.54, 1.807) is 30.3 Å². The van der Waals surface area contributed by atoms with Crippen molar-refractivity contribution in [2.75, 3.05) is 13.1 Å². The Morgan fingerprint density at radius 2 is 2.09 bits per heavy atom. The topological polar surface area (TPSA) is 68.3 Å². The highest BCUT2D eigenvalue weighted by atomic mass is 19.1. The van der Waals surface area contributed by atoms with Crippen LogP contribution < -0.4 is 11.1 Å². The first-order chi connectivity index (χ1) is 10.6. The van der Waals surface area contributed by atoms with Gasteiger partial charge in [0.05, 0.1) is 5.56 Å². The molecule has 22 heavy (non-hydrogen) atoms. The second kappa shape index (κ2) is 7.75. The van der Waals surface area contributed by atoms with Gasteiger partial charge < -0.3 is 15.5 Å². The summed E-state index contributed by atoms with van der Waals surface area (Å²) in [4.78, 5) is 11.7. The van der Waals surface area contributed by atoms with E-state index in [1.807, 2.05) is 6.92 Å². The smallest absolute Gasteiger partial charge is 0.220 e. The summed E-state index contributed by atoms with van der Waals surface area (Å²) in [6.45, 7) is 3.10. The molecule has 0 aliphatic heterocycles. The summed E-state index contributed by atoms with van der Waals surface area (Å²) in [7, 11) is 0. The summed E-state index contributed by atoms with van der Waals surface area (Å²) in [5.41, 5.74) is 5.92. The van der Waals surface area contributed by atoms with Crippen molar-refractivity contribution >= 4 is 5.91 Å². The van der Waals surface area contributed by atoms with Gasteiger partial charge in [-0.05, 0) is 36.7 Å². The Labute approximate surface area is 129 Å². The monoisotopic (exact) mass is 304 g/mol. The number of carbonyl (C=O) groups excluding carboxylic acids is 1. The van der Waals surface area contributed by atoms with Crippen LogP contribution in [0.3, 0.4) is 0 Å². The second-order valence-corrected chi connectivity index (χ2v) is 5.39. The number of furan rings is 1. The number of aryl methyl sites for hydroxylation is 1. The van der Waals surface area contributed by atoms with E-state index in [0.717, 1.165) is 0 Å². The molecule has 1 heterocycles. The van der Waals surface area contributed by atoms with Crippen molar-refractivity contribution < 1.29 is 13.6 Å². The third kappa shape index (κ3) is 4.43. The molecular weight excluding hydrogens is 283 g/mol. The Kier molecular flexibility index (Phi) is 5.72. The quantitative estimate of drug-likeness (QED) is 0.826. The molecule has 0 saturated heterocycles. The van der Waals surface area contributed by atoms with E-state index in [-0.39, 0.29) is 17.6 Å². The van der Waals surface area contributed by atoms with Gasteiger partial charge in [0.2, 0.25) is 5.91 Å². The standard InChI is InChI=1S/C17H21FN2O2/c1-12(10-19)11-20-17(21)9-7-13-6-8-16(22-13)14-4-2-3-5-15(14)18/h2-6,8,12H,7,9-11,19H2,1H3,(H,20,21). The number of benzene rings is 1. The fourth-order valence-corrected chi connectivity index (χ4v) is 2.01. The molecule has 0 aliphatic carbocycles. The van der Waals surface area contributed by atoms with Crippen molar-refractivity contribution in [1.29, 1.82) is 0 Å². The number of amides is 1. The molecule has 0 spiro atoms. The van der Waals surface area contributed by atoms with Gasteiger partial charge in [-0.25, -0.2) is 4.39 Å². The van der Waals surface area contributed by atoms with Gasteiger partial charge in [0, 0.05) is 19.4 Å². The zero-order valence-corrected chi connectivity index (χ0v) is 12.6. The van der Waals surface area contributed by atoms with E-state index in [2.05, 4.69) is 5.32 Å². The first-order valence-corrected chi connectivity index (χ1v) is 7.40. The lowest BCUT2D eigenvalue weighted by Gasteiger charge is -2.09. The van der Waals surface area contributed by atoms with E-state index in [0.29, 0.717) is 43.0 Å². The van der Waals surface area contributed by atoms with Gasteiger partial charge in [0.25, 0.3) is 0 Å². The number of carbonyl (C=O) groups is 1. The van der Waals surface area contributed by atoms with Gasteiger partial charge >= 0.3 is 0 Å².